The Kier molecular flexibility index (Phi) is 6.95. The third-order valence-electron chi connectivity index (χ3n) is 5.48. The Labute approximate surface area is 184 Å². The Hall–Kier alpha value is -3.18. The molecule has 0 aromatic heterocycles. The molecule has 0 unspecified atom stereocenters. The Morgan fingerprint density at radius 1 is 0.871 bits per heavy atom. The van der Waals surface area contributed by atoms with Crippen molar-refractivity contribution < 1.29 is 14.2 Å². The van der Waals surface area contributed by atoms with E-state index in [0.717, 1.165) is 54.6 Å². The first-order valence-electron chi connectivity index (χ1n) is 10.7. The standard InChI is InChI=1S/C26H30N2O3/c1-20-3-5-21(6-4-20)19-31-25-12-7-22(17-26(25)29-2)18-27-23-8-10-24(11-9-23)28-13-15-30-16-14-28/h3-12,17,27H,13-16,18-19H2,1-2H3. The van der Waals surface area contributed by atoms with E-state index in [1.807, 2.05) is 12.1 Å². The molecule has 31 heavy (non-hydrogen) atoms. The summed E-state index contributed by atoms with van der Waals surface area (Å²) in [6.07, 6.45) is 0. The molecule has 0 aliphatic carbocycles. The highest BCUT2D eigenvalue weighted by Crippen LogP contribution is 2.29. The van der Waals surface area contributed by atoms with Gasteiger partial charge in [-0.25, -0.2) is 0 Å². The number of methoxy groups -OCH3 is 1. The molecule has 0 atom stereocenters. The van der Waals surface area contributed by atoms with Crippen molar-refractivity contribution in [1.29, 1.82) is 0 Å². The summed E-state index contributed by atoms with van der Waals surface area (Å²) in [5, 5.41) is 3.49. The number of ether oxygens (including phenoxy) is 3. The summed E-state index contributed by atoms with van der Waals surface area (Å²) in [7, 11) is 1.68. The molecule has 3 aromatic rings. The molecule has 0 radical (unpaired) electrons. The van der Waals surface area contributed by atoms with Crippen LogP contribution >= 0.6 is 0 Å². The fourth-order valence-electron chi connectivity index (χ4n) is 3.60. The van der Waals surface area contributed by atoms with Crippen molar-refractivity contribution in [1.82, 2.24) is 0 Å². The van der Waals surface area contributed by atoms with E-state index in [9.17, 15) is 0 Å². The summed E-state index contributed by atoms with van der Waals surface area (Å²) >= 11 is 0. The van der Waals surface area contributed by atoms with E-state index < -0.39 is 0 Å². The van der Waals surface area contributed by atoms with Gasteiger partial charge >= 0.3 is 0 Å². The number of rotatable bonds is 8. The molecular formula is C26H30N2O3. The number of morpholine rings is 1. The van der Waals surface area contributed by atoms with Crippen LogP contribution in [0, 0.1) is 6.92 Å². The number of anilines is 2. The highest BCUT2D eigenvalue weighted by atomic mass is 16.5. The molecule has 0 saturated carbocycles. The van der Waals surface area contributed by atoms with Crippen LogP contribution in [0.25, 0.3) is 0 Å². The van der Waals surface area contributed by atoms with Gasteiger partial charge in [-0.1, -0.05) is 35.9 Å². The minimum atomic E-state index is 0.518. The first-order valence-corrected chi connectivity index (χ1v) is 10.7. The lowest BCUT2D eigenvalue weighted by Gasteiger charge is -2.28. The van der Waals surface area contributed by atoms with Crippen molar-refractivity contribution >= 4 is 11.4 Å². The fraction of sp³-hybridized carbons (Fsp3) is 0.308. The Morgan fingerprint density at radius 3 is 2.29 bits per heavy atom. The third-order valence-corrected chi connectivity index (χ3v) is 5.48. The average molecular weight is 419 g/mol. The molecule has 0 spiro atoms. The second-order valence-corrected chi connectivity index (χ2v) is 7.76. The summed E-state index contributed by atoms with van der Waals surface area (Å²) in [4.78, 5) is 2.35. The van der Waals surface area contributed by atoms with Gasteiger partial charge in [0, 0.05) is 31.0 Å². The van der Waals surface area contributed by atoms with Crippen molar-refractivity contribution in [3.8, 4) is 11.5 Å². The Bertz CT molecular complexity index is 965. The summed E-state index contributed by atoms with van der Waals surface area (Å²) in [6, 6.07) is 23.0. The minimum Gasteiger partial charge on any atom is -0.493 e. The number of nitrogens with zero attached hydrogens (tertiary/aromatic N) is 1. The number of hydrogen-bond donors (Lipinski definition) is 1. The van der Waals surface area contributed by atoms with Gasteiger partial charge in [0.25, 0.3) is 0 Å². The number of aryl methyl sites for hydroxylation is 1. The lowest BCUT2D eigenvalue weighted by atomic mass is 10.1. The highest BCUT2D eigenvalue weighted by Gasteiger charge is 2.11. The van der Waals surface area contributed by atoms with Crippen molar-refractivity contribution in [3.05, 3.63) is 83.4 Å². The normalized spacial score (nSPS) is 13.7. The van der Waals surface area contributed by atoms with Crippen molar-refractivity contribution in [2.24, 2.45) is 0 Å². The van der Waals surface area contributed by atoms with Gasteiger partial charge in [0.2, 0.25) is 0 Å². The molecule has 0 bridgehead atoms. The van der Waals surface area contributed by atoms with Crippen molar-refractivity contribution in [3.63, 3.8) is 0 Å². The van der Waals surface area contributed by atoms with E-state index in [4.69, 9.17) is 14.2 Å². The van der Waals surface area contributed by atoms with Crippen molar-refractivity contribution in [2.45, 2.75) is 20.1 Å². The zero-order valence-corrected chi connectivity index (χ0v) is 18.3. The van der Waals surface area contributed by atoms with Crippen LogP contribution < -0.4 is 19.7 Å². The molecule has 1 aliphatic rings. The predicted molar refractivity (Wildman–Crippen MR) is 125 cm³/mol. The van der Waals surface area contributed by atoms with E-state index in [0.29, 0.717) is 13.2 Å². The summed E-state index contributed by atoms with van der Waals surface area (Å²) in [6.45, 7) is 6.81. The largest absolute Gasteiger partial charge is 0.493 e. The van der Waals surface area contributed by atoms with Crippen LogP contribution in [-0.4, -0.2) is 33.4 Å². The summed E-state index contributed by atoms with van der Waals surface area (Å²) in [5.74, 6) is 1.50. The molecule has 1 N–H and O–H groups in total. The maximum Gasteiger partial charge on any atom is 0.161 e. The Balaban J connectivity index is 1.33. The molecule has 5 heteroatoms. The smallest absolute Gasteiger partial charge is 0.161 e. The number of nitrogens with one attached hydrogen (secondary N) is 1. The van der Waals surface area contributed by atoms with Gasteiger partial charge in [-0.05, 0) is 54.4 Å². The highest BCUT2D eigenvalue weighted by molar-refractivity contribution is 5.55. The van der Waals surface area contributed by atoms with Gasteiger partial charge in [-0.2, -0.15) is 0 Å². The maximum absolute atomic E-state index is 5.98. The first kappa shape index (κ1) is 21.1. The van der Waals surface area contributed by atoms with E-state index in [2.05, 4.69) is 71.7 Å². The van der Waals surface area contributed by atoms with Crippen LogP contribution in [0.5, 0.6) is 11.5 Å². The third kappa shape index (κ3) is 5.70. The minimum absolute atomic E-state index is 0.518. The molecule has 4 rings (SSSR count). The average Bonchev–Trinajstić information content (AvgIpc) is 2.83. The van der Waals surface area contributed by atoms with Crippen LogP contribution in [0.2, 0.25) is 0 Å². The second kappa shape index (κ2) is 10.2. The molecular weight excluding hydrogens is 388 g/mol. The lowest BCUT2D eigenvalue weighted by Crippen LogP contribution is -2.36. The molecule has 162 valence electrons. The predicted octanol–water partition coefficient (Wildman–Crippen LogP) is 5.03. The van der Waals surface area contributed by atoms with Gasteiger partial charge in [-0.3, -0.25) is 0 Å². The van der Waals surface area contributed by atoms with Gasteiger partial charge in [-0.15, -0.1) is 0 Å². The number of hydrogen-bond acceptors (Lipinski definition) is 5. The topological polar surface area (TPSA) is 43.0 Å². The zero-order chi connectivity index (χ0) is 21.5. The monoisotopic (exact) mass is 418 g/mol. The molecule has 1 fully saturated rings. The zero-order valence-electron chi connectivity index (χ0n) is 18.3. The lowest BCUT2D eigenvalue weighted by molar-refractivity contribution is 0.122. The van der Waals surface area contributed by atoms with Crippen LogP contribution in [-0.2, 0) is 17.9 Å². The molecule has 1 saturated heterocycles. The van der Waals surface area contributed by atoms with E-state index >= 15 is 0 Å². The summed E-state index contributed by atoms with van der Waals surface area (Å²) < 4.78 is 17.0. The fourth-order valence-corrected chi connectivity index (χ4v) is 3.60. The Morgan fingerprint density at radius 2 is 1.58 bits per heavy atom. The molecule has 1 heterocycles. The van der Waals surface area contributed by atoms with Crippen LogP contribution in [0.3, 0.4) is 0 Å². The molecule has 0 amide bonds. The molecule has 3 aromatic carbocycles. The molecule has 1 aliphatic heterocycles. The first-order chi connectivity index (χ1) is 15.2. The molecule has 5 nitrogen and oxygen atoms in total. The second-order valence-electron chi connectivity index (χ2n) is 7.76. The van der Waals surface area contributed by atoms with Gasteiger partial charge in [0.05, 0.1) is 20.3 Å². The SMILES string of the molecule is COc1cc(CNc2ccc(N3CCOCC3)cc2)ccc1OCc1ccc(C)cc1. The van der Waals surface area contributed by atoms with Gasteiger partial charge in [0.1, 0.15) is 6.61 Å². The van der Waals surface area contributed by atoms with Crippen molar-refractivity contribution in [2.75, 3.05) is 43.6 Å². The van der Waals surface area contributed by atoms with Crippen LogP contribution in [0.1, 0.15) is 16.7 Å². The van der Waals surface area contributed by atoms with Gasteiger partial charge < -0.3 is 24.4 Å². The van der Waals surface area contributed by atoms with Gasteiger partial charge in [0.15, 0.2) is 11.5 Å². The quantitative estimate of drug-likeness (QED) is 0.556. The van der Waals surface area contributed by atoms with E-state index in [1.165, 1.54) is 11.3 Å². The van der Waals surface area contributed by atoms with E-state index in [1.54, 1.807) is 7.11 Å². The summed E-state index contributed by atoms with van der Waals surface area (Å²) in [5.41, 5.74) is 5.85. The maximum atomic E-state index is 5.98. The number of benzene rings is 3. The van der Waals surface area contributed by atoms with Crippen LogP contribution in [0.15, 0.2) is 66.7 Å². The van der Waals surface area contributed by atoms with E-state index in [-0.39, 0.29) is 0 Å². The van der Waals surface area contributed by atoms with Crippen LogP contribution in [0.4, 0.5) is 11.4 Å².